The molecule has 3 nitrogen and oxygen atoms in total. The number of ether oxygens (including phenoxy) is 1. The molecule has 0 radical (unpaired) electrons. The second-order valence-corrected chi connectivity index (χ2v) is 6.92. The lowest BCUT2D eigenvalue weighted by atomic mass is 9.72. The average Bonchev–Trinajstić information content (AvgIpc) is 3.20. The Labute approximate surface area is 131 Å². The predicted molar refractivity (Wildman–Crippen MR) is 83.7 cm³/mol. The molecule has 0 bridgehead atoms. The van der Waals surface area contributed by atoms with Gasteiger partial charge in [-0.05, 0) is 23.0 Å². The minimum atomic E-state index is -0.849. The van der Waals surface area contributed by atoms with Crippen LogP contribution in [0.3, 0.4) is 0 Å². The van der Waals surface area contributed by atoms with Crippen molar-refractivity contribution in [2.45, 2.75) is 33.3 Å². The third-order valence-electron chi connectivity index (χ3n) is 5.04. The third kappa shape index (κ3) is 2.28. The topological polar surface area (TPSA) is 50.1 Å². The maximum Gasteiger partial charge on any atom is 0.157 e. The fourth-order valence-electron chi connectivity index (χ4n) is 3.83. The zero-order chi connectivity index (χ0) is 15.8. The van der Waals surface area contributed by atoms with Crippen molar-refractivity contribution < 1.29 is 9.53 Å². The number of fused-ring (bicyclic) bond motifs is 1. The first-order chi connectivity index (χ1) is 10.5. The van der Waals surface area contributed by atoms with E-state index in [9.17, 15) is 10.1 Å². The molecule has 114 valence electrons. The number of hydrogen-bond donors (Lipinski definition) is 0. The van der Waals surface area contributed by atoms with Crippen molar-refractivity contribution in [2.75, 3.05) is 6.61 Å². The normalized spacial score (nSPS) is 30.7. The Morgan fingerprint density at radius 2 is 2.09 bits per heavy atom. The smallest absolute Gasteiger partial charge is 0.157 e. The van der Waals surface area contributed by atoms with Gasteiger partial charge in [-0.2, -0.15) is 5.26 Å². The highest BCUT2D eigenvalue weighted by atomic mass is 16.5. The van der Waals surface area contributed by atoms with Gasteiger partial charge in [0, 0.05) is 12.3 Å². The van der Waals surface area contributed by atoms with E-state index in [4.69, 9.17) is 4.74 Å². The van der Waals surface area contributed by atoms with E-state index in [1.807, 2.05) is 36.4 Å². The van der Waals surface area contributed by atoms with E-state index in [1.54, 1.807) is 0 Å². The SMILES string of the molecule is CC1(C)CCC(=O)[C@]2(C#N)/C(=C\COCc3ccccc3)[C@H]12. The van der Waals surface area contributed by atoms with E-state index in [2.05, 4.69) is 19.9 Å². The number of carbonyl (C=O) groups excluding carboxylic acids is 1. The summed E-state index contributed by atoms with van der Waals surface area (Å²) >= 11 is 0. The number of hydrogen-bond acceptors (Lipinski definition) is 3. The van der Waals surface area contributed by atoms with Crippen LogP contribution in [0.15, 0.2) is 42.0 Å². The van der Waals surface area contributed by atoms with Crippen LogP contribution >= 0.6 is 0 Å². The van der Waals surface area contributed by atoms with Gasteiger partial charge in [-0.25, -0.2) is 0 Å². The van der Waals surface area contributed by atoms with Crippen molar-refractivity contribution in [1.29, 1.82) is 5.26 Å². The summed E-state index contributed by atoms with van der Waals surface area (Å²) in [5.41, 5.74) is 1.28. The molecule has 0 heterocycles. The first kappa shape index (κ1) is 15.0. The van der Waals surface area contributed by atoms with Gasteiger partial charge in [-0.15, -0.1) is 0 Å². The lowest BCUT2D eigenvalue weighted by Crippen LogP contribution is -2.31. The van der Waals surface area contributed by atoms with E-state index in [-0.39, 0.29) is 17.1 Å². The molecule has 2 aliphatic rings. The van der Waals surface area contributed by atoms with E-state index in [0.717, 1.165) is 17.6 Å². The Hall–Kier alpha value is -1.92. The van der Waals surface area contributed by atoms with E-state index < -0.39 is 5.41 Å². The van der Waals surface area contributed by atoms with Crippen LogP contribution in [-0.4, -0.2) is 12.4 Å². The maximum absolute atomic E-state index is 12.2. The van der Waals surface area contributed by atoms with Crippen LogP contribution < -0.4 is 0 Å². The van der Waals surface area contributed by atoms with Crippen LogP contribution in [0.2, 0.25) is 0 Å². The molecule has 1 aromatic rings. The summed E-state index contributed by atoms with van der Waals surface area (Å²) in [6, 6.07) is 12.3. The van der Waals surface area contributed by atoms with Crippen LogP contribution in [0.4, 0.5) is 0 Å². The number of nitriles is 1. The fraction of sp³-hybridized carbons (Fsp3) is 0.474. The number of rotatable bonds is 4. The van der Waals surface area contributed by atoms with Gasteiger partial charge >= 0.3 is 0 Å². The number of benzene rings is 1. The number of carbonyl (C=O) groups is 1. The maximum atomic E-state index is 12.2. The van der Waals surface area contributed by atoms with Crippen molar-refractivity contribution in [2.24, 2.45) is 16.7 Å². The molecule has 0 spiro atoms. The van der Waals surface area contributed by atoms with Gasteiger partial charge in [0.25, 0.3) is 0 Å². The Morgan fingerprint density at radius 3 is 2.73 bits per heavy atom. The Balaban J connectivity index is 1.67. The zero-order valence-corrected chi connectivity index (χ0v) is 13.1. The minimum absolute atomic E-state index is 0.0227. The molecular formula is C19H21NO2. The Bertz CT molecular complexity index is 654. The van der Waals surface area contributed by atoms with Crippen LogP contribution in [0.5, 0.6) is 0 Å². The highest BCUT2D eigenvalue weighted by molar-refractivity contribution is 5.98. The lowest BCUT2D eigenvalue weighted by molar-refractivity contribution is -0.125. The molecule has 2 aliphatic carbocycles. The number of Topliss-reactive ketones (excluding diaryl/α,β-unsaturated/α-hetero) is 1. The Morgan fingerprint density at radius 1 is 1.36 bits per heavy atom. The molecule has 1 aromatic carbocycles. The zero-order valence-electron chi connectivity index (χ0n) is 13.1. The number of allylic oxidation sites excluding steroid dienone is 1. The second-order valence-electron chi connectivity index (χ2n) is 6.92. The molecule has 0 aliphatic heterocycles. The van der Waals surface area contributed by atoms with Crippen LogP contribution in [0.25, 0.3) is 0 Å². The summed E-state index contributed by atoms with van der Waals surface area (Å²) < 4.78 is 5.67. The molecule has 2 saturated carbocycles. The summed E-state index contributed by atoms with van der Waals surface area (Å²) in [5.74, 6) is 0.167. The van der Waals surface area contributed by atoms with Gasteiger partial charge in [-0.3, -0.25) is 4.79 Å². The molecule has 0 amide bonds. The molecule has 2 fully saturated rings. The summed E-state index contributed by atoms with van der Waals surface area (Å²) in [7, 11) is 0. The molecule has 0 unspecified atom stereocenters. The molecule has 3 rings (SSSR count). The lowest BCUT2D eigenvalue weighted by Gasteiger charge is -2.29. The molecule has 0 N–H and O–H groups in total. The molecule has 22 heavy (non-hydrogen) atoms. The van der Waals surface area contributed by atoms with Crippen LogP contribution in [-0.2, 0) is 16.1 Å². The molecular weight excluding hydrogens is 274 g/mol. The Kier molecular flexibility index (Phi) is 3.66. The van der Waals surface area contributed by atoms with Gasteiger partial charge in [-0.1, -0.05) is 50.3 Å². The van der Waals surface area contributed by atoms with Gasteiger partial charge < -0.3 is 4.74 Å². The van der Waals surface area contributed by atoms with Crippen molar-refractivity contribution >= 4 is 5.78 Å². The monoisotopic (exact) mass is 295 g/mol. The van der Waals surface area contributed by atoms with Crippen molar-refractivity contribution in [3.63, 3.8) is 0 Å². The molecule has 2 atom stereocenters. The highest BCUT2D eigenvalue weighted by Crippen LogP contribution is 2.70. The fourth-order valence-corrected chi connectivity index (χ4v) is 3.83. The summed E-state index contributed by atoms with van der Waals surface area (Å²) in [5, 5.41) is 9.55. The van der Waals surface area contributed by atoms with Gasteiger partial charge in [0.15, 0.2) is 5.78 Å². The van der Waals surface area contributed by atoms with E-state index >= 15 is 0 Å². The third-order valence-corrected chi connectivity index (χ3v) is 5.04. The van der Waals surface area contributed by atoms with Crippen molar-refractivity contribution in [1.82, 2.24) is 0 Å². The van der Waals surface area contributed by atoms with Crippen LogP contribution in [0, 0.1) is 28.1 Å². The molecule has 0 saturated heterocycles. The summed E-state index contributed by atoms with van der Waals surface area (Å²) in [6.07, 6.45) is 3.34. The summed E-state index contributed by atoms with van der Waals surface area (Å²) in [4.78, 5) is 12.2. The molecule has 3 heteroatoms. The minimum Gasteiger partial charge on any atom is -0.373 e. The van der Waals surface area contributed by atoms with E-state index in [1.165, 1.54) is 0 Å². The predicted octanol–water partition coefficient (Wildman–Crippen LogP) is 3.66. The summed E-state index contributed by atoms with van der Waals surface area (Å²) in [6.45, 7) is 5.31. The average molecular weight is 295 g/mol. The standard InChI is InChI=1S/C19H21NO2/c1-18(2)10-8-16(21)19(13-20)15(17(18)19)9-11-22-12-14-6-4-3-5-7-14/h3-7,9,17H,8,10-12H2,1-2H3/b15-9-/t17-,19+/m1/s1. The van der Waals surface area contributed by atoms with E-state index in [0.29, 0.717) is 19.6 Å². The first-order valence-corrected chi connectivity index (χ1v) is 7.79. The largest absolute Gasteiger partial charge is 0.373 e. The number of nitrogens with zero attached hydrogens (tertiary/aromatic N) is 1. The number of ketones is 1. The van der Waals surface area contributed by atoms with Crippen molar-refractivity contribution in [3.8, 4) is 6.07 Å². The van der Waals surface area contributed by atoms with Gasteiger partial charge in [0.1, 0.15) is 5.41 Å². The molecule has 0 aromatic heterocycles. The highest BCUT2D eigenvalue weighted by Gasteiger charge is 2.71. The van der Waals surface area contributed by atoms with Crippen molar-refractivity contribution in [3.05, 3.63) is 47.5 Å². The van der Waals surface area contributed by atoms with Crippen LogP contribution in [0.1, 0.15) is 32.3 Å². The first-order valence-electron chi connectivity index (χ1n) is 7.79. The van der Waals surface area contributed by atoms with Gasteiger partial charge in [0.05, 0.1) is 19.3 Å². The van der Waals surface area contributed by atoms with Gasteiger partial charge in [0.2, 0.25) is 0 Å². The quantitative estimate of drug-likeness (QED) is 0.629. The second kappa shape index (κ2) is 5.37.